The molecule has 2 aromatic rings. The maximum Gasteiger partial charge on any atom is 0.255 e. The number of carbonyl (C=O) groups is 1. The summed E-state index contributed by atoms with van der Waals surface area (Å²) in [6, 6.07) is 9.62. The molecule has 2 nitrogen and oxygen atoms in total. The summed E-state index contributed by atoms with van der Waals surface area (Å²) in [5.41, 5.74) is 0.906. The molecule has 0 aliphatic heterocycles. The summed E-state index contributed by atoms with van der Waals surface area (Å²) in [5, 5.41) is 2.73. The lowest BCUT2D eigenvalue weighted by Gasteiger charge is -2.08. The molecule has 0 aromatic heterocycles. The predicted molar refractivity (Wildman–Crippen MR) is 88.9 cm³/mol. The molecule has 98 valence electrons. The van der Waals surface area contributed by atoms with Crippen LogP contribution in [0.5, 0.6) is 0 Å². The minimum absolute atomic E-state index is 0.261. The molecule has 1 N–H and O–H groups in total. The molecule has 6 heteroatoms. The SMILES string of the molecule is O=C(Nc1ccc(I)cc1Br)c1cc(F)cc(Br)c1. The van der Waals surface area contributed by atoms with E-state index >= 15 is 0 Å². The summed E-state index contributed by atoms with van der Waals surface area (Å²) in [7, 11) is 0. The van der Waals surface area contributed by atoms with Crippen LogP contribution in [0.1, 0.15) is 10.4 Å². The van der Waals surface area contributed by atoms with E-state index in [-0.39, 0.29) is 11.5 Å². The molecule has 0 aliphatic carbocycles. The minimum atomic E-state index is -0.457. The summed E-state index contributed by atoms with van der Waals surface area (Å²) in [4.78, 5) is 12.0. The normalized spacial score (nSPS) is 10.3. The van der Waals surface area contributed by atoms with Crippen LogP contribution in [0.2, 0.25) is 0 Å². The van der Waals surface area contributed by atoms with Crippen molar-refractivity contribution in [3.05, 3.63) is 60.3 Å². The first-order chi connectivity index (χ1) is 8.95. The van der Waals surface area contributed by atoms with Gasteiger partial charge in [-0.25, -0.2) is 4.39 Å². The van der Waals surface area contributed by atoms with Crippen LogP contribution >= 0.6 is 54.5 Å². The summed E-state index contributed by atoms with van der Waals surface area (Å²) >= 11 is 8.71. The molecule has 0 spiro atoms. The summed E-state index contributed by atoms with van der Waals surface area (Å²) in [5.74, 6) is -0.816. The highest BCUT2D eigenvalue weighted by atomic mass is 127. The second-order valence-electron chi connectivity index (χ2n) is 3.74. The number of rotatable bonds is 2. The third-order valence-corrected chi connectivity index (χ3v) is 4.09. The van der Waals surface area contributed by atoms with E-state index in [4.69, 9.17) is 0 Å². The molecule has 0 saturated heterocycles. The van der Waals surface area contributed by atoms with Crippen molar-refractivity contribution in [2.24, 2.45) is 0 Å². The van der Waals surface area contributed by atoms with Crippen LogP contribution < -0.4 is 5.32 Å². The molecule has 0 atom stereocenters. The van der Waals surface area contributed by atoms with E-state index in [1.54, 1.807) is 12.1 Å². The fourth-order valence-electron chi connectivity index (χ4n) is 1.47. The Hall–Kier alpha value is -0.470. The van der Waals surface area contributed by atoms with Crippen LogP contribution in [0, 0.1) is 9.39 Å². The largest absolute Gasteiger partial charge is 0.321 e. The van der Waals surface area contributed by atoms with Gasteiger partial charge in [-0.15, -0.1) is 0 Å². The van der Waals surface area contributed by atoms with E-state index in [0.717, 1.165) is 8.04 Å². The van der Waals surface area contributed by atoms with E-state index in [1.165, 1.54) is 12.1 Å². The van der Waals surface area contributed by atoms with Gasteiger partial charge in [0.1, 0.15) is 5.82 Å². The molecule has 0 aliphatic rings. The smallest absolute Gasteiger partial charge is 0.255 e. The van der Waals surface area contributed by atoms with Crippen molar-refractivity contribution in [1.29, 1.82) is 0 Å². The van der Waals surface area contributed by atoms with Gasteiger partial charge in [-0.05, 0) is 74.9 Å². The fraction of sp³-hybridized carbons (Fsp3) is 0. The highest BCUT2D eigenvalue weighted by Gasteiger charge is 2.10. The van der Waals surface area contributed by atoms with Gasteiger partial charge in [0, 0.05) is 18.1 Å². The quantitative estimate of drug-likeness (QED) is 0.566. The Morgan fingerprint density at radius 2 is 1.89 bits per heavy atom. The molecule has 0 unspecified atom stereocenters. The highest BCUT2D eigenvalue weighted by Crippen LogP contribution is 2.25. The number of hydrogen-bond acceptors (Lipinski definition) is 1. The van der Waals surface area contributed by atoms with E-state index in [1.807, 2.05) is 12.1 Å². The van der Waals surface area contributed by atoms with Crippen LogP contribution in [-0.2, 0) is 0 Å². The molecule has 0 heterocycles. The topological polar surface area (TPSA) is 29.1 Å². The van der Waals surface area contributed by atoms with Crippen molar-refractivity contribution in [2.45, 2.75) is 0 Å². The summed E-state index contributed by atoms with van der Waals surface area (Å²) in [6.07, 6.45) is 0. The number of carbonyl (C=O) groups excluding carboxylic acids is 1. The van der Waals surface area contributed by atoms with Gasteiger partial charge in [0.15, 0.2) is 0 Å². The summed E-state index contributed by atoms with van der Waals surface area (Å²) < 4.78 is 15.6. The number of halogens is 4. The molecule has 1 amide bonds. The zero-order valence-corrected chi connectivity index (χ0v) is 14.7. The first-order valence-corrected chi connectivity index (χ1v) is 7.84. The van der Waals surface area contributed by atoms with Crippen LogP contribution in [0.4, 0.5) is 10.1 Å². The lowest BCUT2D eigenvalue weighted by molar-refractivity contribution is 0.102. The zero-order valence-electron chi connectivity index (χ0n) is 9.38. The Morgan fingerprint density at radius 1 is 1.16 bits per heavy atom. The third-order valence-electron chi connectivity index (χ3n) is 2.30. The Labute approximate surface area is 140 Å². The number of hydrogen-bond donors (Lipinski definition) is 1. The van der Waals surface area contributed by atoms with E-state index in [2.05, 4.69) is 59.8 Å². The van der Waals surface area contributed by atoms with Crippen LogP contribution in [0.15, 0.2) is 45.3 Å². The van der Waals surface area contributed by atoms with Gasteiger partial charge in [-0.3, -0.25) is 4.79 Å². The molecule has 0 bridgehead atoms. The summed E-state index contributed by atoms with van der Waals surface area (Å²) in [6.45, 7) is 0. The number of nitrogens with one attached hydrogen (secondary N) is 1. The van der Waals surface area contributed by atoms with Crippen molar-refractivity contribution >= 4 is 66.0 Å². The first-order valence-electron chi connectivity index (χ1n) is 5.18. The molecular formula is C13H7Br2FINO. The lowest BCUT2D eigenvalue weighted by atomic mass is 10.2. The average Bonchev–Trinajstić information content (AvgIpc) is 2.31. The Kier molecular flexibility index (Phi) is 4.97. The van der Waals surface area contributed by atoms with Gasteiger partial charge in [-0.2, -0.15) is 0 Å². The van der Waals surface area contributed by atoms with Crippen molar-refractivity contribution < 1.29 is 9.18 Å². The number of amides is 1. The highest BCUT2D eigenvalue weighted by molar-refractivity contribution is 14.1. The average molecular weight is 499 g/mol. The Bertz CT molecular complexity index is 628. The van der Waals surface area contributed by atoms with E-state index < -0.39 is 5.82 Å². The molecule has 0 fully saturated rings. The van der Waals surface area contributed by atoms with Gasteiger partial charge in [0.05, 0.1) is 5.69 Å². The van der Waals surface area contributed by atoms with Crippen molar-refractivity contribution in [2.75, 3.05) is 5.32 Å². The van der Waals surface area contributed by atoms with Gasteiger partial charge in [-0.1, -0.05) is 15.9 Å². The number of benzene rings is 2. The Balaban J connectivity index is 2.25. The van der Waals surface area contributed by atoms with Crippen molar-refractivity contribution in [3.63, 3.8) is 0 Å². The molecule has 0 radical (unpaired) electrons. The molecule has 0 saturated carbocycles. The first kappa shape index (κ1) is 14.9. The van der Waals surface area contributed by atoms with Crippen LogP contribution in [0.3, 0.4) is 0 Å². The maximum absolute atomic E-state index is 13.2. The third kappa shape index (κ3) is 4.00. The minimum Gasteiger partial charge on any atom is -0.321 e. The monoisotopic (exact) mass is 497 g/mol. The standard InChI is InChI=1S/C13H7Br2FINO/c14-8-3-7(4-9(16)5-8)13(19)18-12-2-1-10(17)6-11(12)15/h1-6H,(H,18,19). The number of anilines is 1. The molecule has 19 heavy (non-hydrogen) atoms. The van der Waals surface area contributed by atoms with Gasteiger partial charge in [0.25, 0.3) is 5.91 Å². The Morgan fingerprint density at radius 3 is 2.53 bits per heavy atom. The van der Waals surface area contributed by atoms with Crippen molar-refractivity contribution in [3.8, 4) is 0 Å². The lowest BCUT2D eigenvalue weighted by Crippen LogP contribution is -2.12. The van der Waals surface area contributed by atoms with Gasteiger partial charge in [0.2, 0.25) is 0 Å². The van der Waals surface area contributed by atoms with Gasteiger partial charge < -0.3 is 5.32 Å². The predicted octanol–water partition coefficient (Wildman–Crippen LogP) is 5.21. The van der Waals surface area contributed by atoms with Crippen LogP contribution in [0.25, 0.3) is 0 Å². The second kappa shape index (κ2) is 6.32. The van der Waals surface area contributed by atoms with Gasteiger partial charge >= 0.3 is 0 Å². The van der Waals surface area contributed by atoms with Crippen LogP contribution in [-0.4, -0.2) is 5.91 Å². The van der Waals surface area contributed by atoms with E-state index in [9.17, 15) is 9.18 Å². The molecule has 2 rings (SSSR count). The fourth-order valence-corrected chi connectivity index (χ4v) is 3.33. The molecular weight excluding hydrogens is 492 g/mol. The maximum atomic E-state index is 13.2. The van der Waals surface area contributed by atoms with E-state index in [0.29, 0.717) is 10.2 Å². The van der Waals surface area contributed by atoms with Crippen molar-refractivity contribution in [1.82, 2.24) is 0 Å². The second-order valence-corrected chi connectivity index (χ2v) is 6.75. The molecule has 2 aromatic carbocycles. The zero-order chi connectivity index (χ0) is 14.0.